The SMILES string of the molecule is CCCN(CCN(C)C)c1cc(C)ncc1CNC1CC1. The lowest BCUT2D eigenvalue weighted by molar-refractivity contribution is 0.412. The molecule has 0 aromatic carbocycles. The fraction of sp³-hybridized carbons (Fsp3) is 0.706. The standard InChI is InChI=1S/C17H30N4/c1-5-8-21(10-9-20(3)4)17-11-14(2)18-12-15(17)13-19-16-6-7-16/h11-12,16,19H,5-10,13H2,1-4H3. The first kappa shape index (κ1) is 16.2. The van der Waals surface area contributed by atoms with Gasteiger partial charge in [-0.3, -0.25) is 4.98 Å². The van der Waals surface area contributed by atoms with Crippen molar-refractivity contribution in [2.24, 2.45) is 0 Å². The van der Waals surface area contributed by atoms with Gasteiger partial charge in [-0.05, 0) is 46.3 Å². The van der Waals surface area contributed by atoms with Crippen molar-refractivity contribution in [1.82, 2.24) is 15.2 Å². The molecule has 0 bridgehead atoms. The minimum absolute atomic E-state index is 0.737. The molecule has 0 atom stereocenters. The van der Waals surface area contributed by atoms with E-state index in [2.05, 4.69) is 60.3 Å². The third-order valence-corrected chi connectivity index (χ3v) is 3.91. The van der Waals surface area contributed by atoms with Gasteiger partial charge in [0.25, 0.3) is 0 Å². The van der Waals surface area contributed by atoms with Crippen molar-refractivity contribution in [3.63, 3.8) is 0 Å². The van der Waals surface area contributed by atoms with E-state index in [1.807, 2.05) is 0 Å². The van der Waals surface area contributed by atoms with Crippen LogP contribution in [0.3, 0.4) is 0 Å². The van der Waals surface area contributed by atoms with E-state index in [1.54, 1.807) is 0 Å². The molecule has 21 heavy (non-hydrogen) atoms. The summed E-state index contributed by atoms with van der Waals surface area (Å²) >= 11 is 0. The van der Waals surface area contributed by atoms with Crippen LogP contribution >= 0.6 is 0 Å². The van der Waals surface area contributed by atoms with E-state index < -0.39 is 0 Å². The largest absolute Gasteiger partial charge is 0.370 e. The minimum atomic E-state index is 0.737. The zero-order chi connectivity index (χ0) is 15.2. The van der Waals surface area contributed by atoms with Crippen LogP contribution < -0.4 is 10.2 Å². The van der Waals surface area contributed by atoms with Crippen molar-refractivity contribution < 1.29 is 0 Å². The molecule has 0 saturated heterocycles. The molecule has 4 nitrogen and oxygen atoms in total. The Hall–Kier alpha value is -1.13. The molecular weight excluding hydrogens is 260 g/mol. The summed E-state index contributed by atoms with van der Waals surface area (Å²) in [4.78, 5) is 9.26. The Kier molecular flexibility index (Phi) is 6.00. The number of nitrogens with zero attached hydrogens (tertiary/aromatic N) is 3. The van der Waals surface area contributed by atoms with Crippen LogP contribution in [0.4, 0.5) is 5.69 Å². The molecule has 0 unspecified atom stereocenters. The number of nitrogens with one attached hydrogen (secondary N) is 1. The average molecular weight is 290 g/mol. The first-order valence-electron chi connectivity index (χ1n) is 8.18. The number of anilines is 1. The summed E-state index contributed by atoms with van der Waals surface area (Å²) in [5.74, 6) is 0. The summed E-state index contributed by atoms with van der Waals surface area (Å²) in [5.41, 5.74) is 3.80. The van der Waals surface area contributed by atoms with Gasteiger partial charge in [0.15, 0.2) is 0 Å². The second kappa shape index (κ2) is 7.76. The van der Waals surface area contributed by atoms with Crippen molar-refractivity contribution in [1.29, 1.82) is 0 Å². The molecule has 0 amide bonds. The van der Waals surface area contributed by atoms with Crippen LogP contribution in [0.15, 0.2) is 12.3 Å². The van der Waals surface area contributed by atoms with Gasteiger partial charge in [0.2, 0.25) is 0 Å². The predicted molar refractivity (Wildman–Crippen MR) is 89.9 cm³/mol. The van der Waals surface area contributed by atoms with Gasteiger partial charge < -0.3 is 15.1 Å². The third kappa shape index (κ3) is 5.29. The molecule has 1 aromatic rings. The number of likely N-dealkylation sites (N-methyl/N-ethyl adjacent to an activating group) is 1. The Bertz CT molecular complexity index is 440. The maximum Gasteiger partial charge on any atom is 0.0445 e. The van der Waals surface area contributed by atoms with Gasteiger partial charge in [-0.15, -0.1) is 0 Å². The van der Waals surface area contributed by atoms with Gasteiger partial charge in [0.05, 0.1) is 0 Å². The zero-order valence-electron chi connectivity index (χ0n) is 14.0. The normalized spacial score (nSPS) is 14.7. The van der Waals surface area contributed by atoms with Crippen LogP contribution in [0, 0.1) is 6.92 Å². The summed E-state index contributed by atoms with van der Waals surface area (Å²) in [7, 11) is 4.27. The Morgan fingerprint density at radius 3 is 2.62 bits per heavy atom. The van der Waals surface area contributed by atoms with Crippen LogP contribution in [0.2, 0.25) is 0 Å². The molecule has 1 saturated carbocycles. The highest BCUT2D eigenvalue weighted by atomic mass is 15.2. The molecule has 1 aliphatic rings. The number of aromatic nitrogens is 1. The van der Waals surface area contributed by atoms with Gasteiger partial charge in [0.1, 0.15) is 0 Å². The minimum Gasteiger partial charge on any atom is -0.370 e. The number of rotatable bonds is 9. The summed E-state index contributed by atoms with van der Waals surface area (Å²) in [5, 5.41) is 3.62. The Labute approximate surface area is 129 Å². The van der Waals surface area contributed by atoms with Gasteiger partial charge in [-0.2, -0.15) is 0 Å². The Balaban J connectivity index is 2.12. The molecule has 1 aliphatic carbocycles. The van der Waals surface area contributed by atoms with Gasteiger partial charge in [-0.1, -0.05) is 6.92 Å². The maximum atomic E-state index is 4.50. The van der Waals surface area contributed by atoms with Crippen molar-refractivity contribution in [2.45, 2.75) is 45.7 Å². The molecule has 2 rings (SSSR count). The van der Waals surface area contributed by atoms with Crippen molar-refractivity contribution in [3.8, 4) is 0 Å². The van der Waals surface area contributed by atoms with E-state index >= 15 is 0 Å². The summed E-state index contributed by atoms with van der Waals surface area (Å²) in [6.07, 6.45) is 5.88. The monoisotopic (exact) mass is 290 g/mol. The number of hydrogen-bond donors (Lipinski definition) is 1. The van der Waals surface area contributed by atoms with E-state index in [1.165, 1.54) is 30.5 Å². The molecule has 1 aromatic heterocycles. The first-order valence-corrected chi connectivity index (χ1v) is 8.18. The molecule has 1 fully saturated rings. The molecule has 4 heteroatoms. The molecule has 0 spiro atoms. The quantitative estimate of drug-likeness (QED) is 0.757. The number of hydrogen-bond acceptors (Lipinski definition) is 4. The first-order chi connectivity index (χ1) is 10.1. The lowest BCUT2D eigenvalue weighted by atomic mass is 10.1. The van der Waals surface area contributed by atoms with Crippen LogP contribution in [-0.4, -0.2) is 49.7 Å². The van der Waals surface area contributed by atoms with Crippen LogP contribution in [0.1, 0.15) is 37.4 Å². The van der Waals surface area contributed by atoms with Gasteiger partial charge >= 0.3 is 0 Å². The number of aryl methyl sites for hydroxylation is 1. The van der Waals surface area contributed by atoms with Gasteiger partial charge in [-0.25, -0.2) is 0 Å². The second-order valence-corrected chi connectivity index (χ2v) is 6.40. The molecule has 1 N–H and O–H groups in total. The smallest absolute Gasteiger partial charge is 0.0445 e. The number of pyridine rings is 1. The van der Waals surface area contributed by atoms with Crippen LogP contribution in [-0.2, 0) is 6.54 Å². The van der Waals surface area contributed by atoms with Crippen molar-refractivity contribution in [2.75, 3.05) is 38.6 Å². The predicted octanol–water partition coefficient (Wildman–Crippen LogP) is 2.42. The molecule has 118 valence electrons. The van der Waals surface area contributed by atoms with E-state index in [4.69, 9.17) is 0 Å². The van der Waals surface area contributed by atoms with Crippen molar-refractivity contribution in [3.05, 3.63) is 23.5 Å². The van der Waals surface area contributed by atoms with E-state index in [9.17, 15) is 0 Å². The highest BCUT2D eigenvalue weighted by Gasteiger charge is 2.21. The summed E-state index contributed by atoms with van der Waals surface area (Å²) in [6, 6.07) is 2.98. The van der Waals surface area contributed by atoms with E-state index in [-0.39, 0.29) is 0 Å². The Morgan fingerprint density at radius 1 is 1.24 bits per heavy atom. The fourth-order valence-corrected chi connectivity index (χ4v) is 2.49. The fourth-order valence-electron chi connectivity index (χ4n) is 2.49. The highest BCUT2D eigenvalue weighted by Crippen LogP contribution is 2.24. The van der Waals surface area contributed by atoms with Crippen LogP contribution in [0.25, 0.3) is 0 Å². The molecule has 0 radical (unpaired) electrons. The van der Waals surface area contributed by atoms with Crippen molar-refractivity contribution >= 4 is 5.69 Å². The maximum absolute atomic E-state index is 4.50. The third-order valence-electron chi connectivity index (χ3n) is 3.91. The summed E-state index contributed by atoms with van der Waals surface area (Å²) in [6.45, 7) is 8.53. The molecule has 1 heterocycles. The highest BCUT2D eigenvalue weighted by molar-refractivity contribution is 5.53. The lowest BCUT2D eigenvalue weighted by Crippen LogP contribution is -2.33. The molecular formula is C17H30N4. The molecule has 0 aliphatic heterocycles. The lowest BCUT2D eigenvalue weighted by Gasteiger charge is -2.28. The summed E-state index contributed by atoms with van der Waals surface area (Å²) < 4.78 is 0. The second-order valence-electron chi connectivity index (χ2n) is 6.40. The topological polar surface area (TPSA) is 31.4 Å². The van der Waals surface area contributed by atoms with Crippen LogP contribution in [0.5, 0.6) is 0 Å². The Morgan fingerprint density at radius 2 is 2.00 bits per heavy atom. The average Bonchev–Trinajstić information content (AvgIpc) is 3.26. The van der Waals surface area contributed by atoms with Gasteiger partial charge in [0, 0.05) is 55.4 Å². The van der Waals surface area contributed by atoms with E-state index in [0.29, 0.717) is 0 Å². The zero-order valence-corrected chi connectivity index (χ0v) is 14.0. The van der Waals surface area contributed by atoms with E-state index in [0.717, 1.165) is 37.9 Å².